The quantitative estimate of drug-likeness (QED) is 0.914. The lowest BCUT2D eigenvalue weighted by atomic mass is 9.77. The third-order valence-electron chi connectivity index (χ3n) is 3.88. The van der Waals surface area contributed by atoms with Crippen molar-refractivity contribution < 1.29 is 4.52 Å². The van der Waals surface area contributed by atoms with E-state index in [9.17, 15) is 0 Å². The molecule has 19 heavy (non-hydrogen) atoms. The molecule has 0 saturated heterocycles. The molecule has 0 bridgehead atoms. The smallest absolute Gasteiger partial charge is 0.277 e. The van der Waals surface area contributed by atoms with Gasteiger partial charge in [0.1, 0.15) is 5.69 Å². The van der Waals surface area contributed by atoms with Crippen molar-refractivity contribution in [2.75, 3.05) is 0 Å². The van der Waals surface area contributed by atoms with Crippen LogP contribution in [0.1, 0.15) is 43.4 Å². The fraction of sp³-hybridized carbons (Fsp3) is 0.615. The largest absolute Gasteiger partial charge is 0.332 e. The Morgan fingerprint density at radius 2 is 2.11 bits per heavy atom. The lowest BCUT2D eigenvalue weighted by molar-refractivity contribution is 0.230. The maximum absolute atomic E-state index is 6.44. The van der Waals surface area contributed by atoms with Crippen LogP contribution < -0.4 is 5.73 Å². The Balaban J connectivity index is 1.85. The first-order valence-corrected chi connectivity index (χ1v) is 7.50. The van der Waals surface area contributed by atoms with Crippen LogP contribution in [0.2, 0.25) is 0 Å². The minimum Gasteiger partial charge on any atom is -0.332 e. The fourth-order valence-electron chi connectivity index (χ4n) is 2.49. The summed E-state index contributed by atoms with van der Waals surface area (Å²) >= 11 is 1.57. The Hall–Kier alpha value is -1.27. The van der Waals surface area contributed by atoms with Crippen LogP contribution in [0.3, 0.4) is 0 Å². The average molecular weight is 278 g/mol. The van der Waals surface area contributed by atoms with Gasteiger partial charge in [0.2, 0.25) is 0 Å². The first-order valence-electron chi connectivity index (χ1n) is 6.62. The molecule has 1 aliphatic carbocycles. The molecule has 2 aromatic rings. The second-order valence-corrected chi connectivity index (χ2v) is 6.58. The summed E-state index contributed by atoms with van der Waals surface area (Å²) in [6.45, 7) is 4.22. The van der Waals surface area contributed by atoms with E-state index in [1.54, 1.807) is 11.3 Å². The van der Waals surface area contributed by atoms with E-state index in [4.69, 9.17) is 10.3 Å². The molecule has 0 radical (unpaired) electrons. The summed E-state index contributed by atoms with van der Waals surface area (Å²) in [7, 11) is 0. The molecule has 2 N–H and O–H groups in total. The number of rotatable bonds is 2. The summed E-state index contributed by atoms with van der Waals surface area (Å²) in [5.74, 6) is 1.84. The minimum atomic E-state index is -0.431. The molecule has 0 aromatic carbocycles. The van der Waals surface area contributed by atoms with Crippen LogP contribution in [-0.2, 0) is 5.54 Å². The Labute approximate surface area is 116 Å². The van der Waals surface area contributed by atoms with Crippen molar-refractivity contribution in [3.05, 3.63) is 16.2 Å². The van der Waals surface area contributed by atoms with E-state index < -0.39 is 5.54 Å². The Morgan fingerprint density at radius 3 is 2.74 bits per heavy atom. The van der Waals surface area contributed by atoms with Gasteiger partial charge in [-0.3, -0.25) is 0 Å². The Bertz CT molecular complexity index is 569. The molecule has 0 aliphatic heterocycles. The van der Waals surface area contributed by atoms with E-state index in [0.29, 0.717) is 11.7 Å². The first-order chi connectivity index (χ1) is 9.07. The predicted octanol–water partition coefficient (Wildman–Crippen LogP) is 2.87. The van der Waals surface area contributed by atoms with Crippen LogP contribution in [0.15, 0.2) is 9.90 Å². The van der Waals surface area contributed by atoms with Gasteiger partial charge in [0.15, 0.2) is 5.82 Å². The van der Waals surface area contributed by atoms with Crippen LogP contribution in [0.5, 0.6) is 0 Å². The van der Waals surface area contributed by atoms with Gasteiger partial charge in [0.25, 0.3) is 5.89 Å². The average Bonchev–Trinajstić information content (AvgIpc) is 3.02. The number of nitrogens with zero attached hydrogens (tertiary/aromatic N) is 3. The molecule has 0 spiro atoms. The second-order valence-electron chi connectivity index (χ2n) is 5.51. The monoisotopic (exact) mass is 278 g/mol. The SMILES string of the molecule is Cc1nc(-c2nc(C3(N)CCC(C)CC3)no2)cs1. The molecule has 102 valence electrons. The number of hydrogen-bond acceptors (Lipinski definition) is 6. The number of hydrogen-bond donors (Lipinski definition) is 1. The van der Waals surface area contributed by atoms with Crippen molar-refractivity contribution in [1.82, 2.24) is 15.1 Å². The van der Waals surface area contributed by atoms with E-state index in [0.717, 1.165) is 42.3 Å². The van der Waals surface area contributed by atoms with Gasteiger partial charge in [-0.05, 0) is 38.5 Å². The number of aromatic nitrogens is 3. The molecule has 6 heteroatoms. The molecule has 5 nitrogen and oxygen atoms in total. The highest BCUT2D eigenvalue weighted by molar-refractivity contribution is 7.09. The molecular weight excluding hydrogens is 260 g/mol. The van der Waals surface area contributed by atoms with Gasteiger partial charge in [-0.2, -0.15) is 4.98 Å². The van der Waals surface area contributed by atoms with E-state index in [1.165, 1.54) is 0 Å². The first kappa shape index (κ1) is 12.7. The topological polar surface area (TPSA) is 77.8 Å². The molecule has 2 aromatic heterocycles. The van der Waals surface area contributed by atoms with Gasteiger partial charge >= 0.3 is 0 Å². The Morgan fingerprint density at radius 1 is 1.37 bits per heavy atom. The summed E-state index contributed by atoms with van der Waals surface area (Å²) in [6, 6.07) is 0. The molecule has 1 fully saturated rings. The van der Waals surface area contributed by atoms with Gasteiger partial charge in [0.05, 0.1) is 10.5 Å². The lowest BCUT2D eigenvalue weighted by Gasteiger charge is -2.33. The normalized spacial score (nSPS) is 27.6. The van der Waals surface area contributed by atoms with Crippen molar-refractivity contribution in [3.63, 3.8) is 0 Å². The zero-order valence-electron chi connectivity index (χ0n) is 11.2. The predicted molar refractivity (Wildman–Crippen MR) is 73.6 cm³/mol. The molecule has 3 rings (SSSR count). The maximum Gasteiger partial charge on any atom is 0.277 e. The lowest BCUT2D eigenvalue weighted by Crippen LogP contribution is -2.41. The summed E-state index contributed by atoms with van der Waals surface area (Å²) in [5.41, 5.74) is 6.75. The van der Waals surface area contributed by atoms with Crippen molar-refractivity contribution in [1.29, 1.82) is 0 Å². The molecular formula is C13H18N4OS. The molecule has 1 saturated carbocycles. The van der Waals surface area contributed by atoms with Crippen molar-refractivity contribution in [3.8, 4) is 11.6 Å². The Kier molecular flexibility index (Phi) is 3.14. The van der Waals surface area contributed by atoms with Crippen LogP contribution in [0, 0.1) is 12.8 Å². The molecule has 0 amide bonds. The summed E-state index contributed by atoms with van der Waals surface area (Å²) in [5, 5.41) is 6.99. The molecule has 0 unspecified atom stereocenters. The highest BCUT2D eigenvalue weighted by Gasteiger charge is 2.36. The standard InChI is InChI=1S/C13H18N4OS/c1-8-3-5-13(14,6-4-8)12-16-11(18-17-12)10-7-19-9(2)15-10/h7-8H,3-6,14H2,1-2H3. The van der Waals surface area contributed by atoms with E-state index in [2.05, 4.69) is 22.0 Å². The fourth-order valence-corrected chi connectivity index (χ4v) is 3.08. The van der Waals surface area contributed by atoms with Crippen molar-refractivity contribution in [2.24, 2.45) is 11.7 Å². The van der Waals surface area contributed by atoms with Gasteiger partial charge in [-0.15, -0.1) is 11.3 Å². The second kappa shape index (κ2) is 4.68. The number of nitrogens with two attached hydrogens (primary N) is 1. The maximum atomic E-state index is 6.44. The van der Waals surface area contributed by atoms with Crippen LogP contribution in [-0.4, -0.2) is 15.1 Å². The highest BCUT2D eigenvalue weighted by atomic mass is 32.1. The summed E-state index contributed by atoms with van der Waals surface area (Å²) < 4.78 is 5.31. The van der Waals surface area contributed by atoms with E-state index in [-0.39, 0.29) is 0 Å². The van der Waals surface area contributed by atoms with Gasteiger partial charge in [-0.1, -0.05) is 12.1 Å². The third kappa shape index (κ3) is 2.42. The molecule has 0 atom stereocenters. The number of thiazole rings is 1. The van der Waals surface area contributed by atoms with Crippen molar-refractivity contribution in [2.45, 2.75) is 45.1 Å². The van der Waals surface area contributed by atoms with Crippen LogP contribution >= 0.6 is 11.3 Å². The molecule has 1 aliphatic rings. The summed E-state index contributed by atoms with van der Waals surface area (Å²) in [4.78, 5) is 8.81. The third-order valence-corrected chi connectivity index (χ3v) is 4.65. The number of aryl methyl sites for hydroxylation is 1. The van der Waals surface area contributed by atoms with Gasteiger partial charge in [-0.25, -0.2) is 4.98 Å². The zero-order chi connectivity index (χ0) is 13.5. The summed E-state index contributed by atoms with van der Waals surface area (Å²) in [6.07, 6.45) is 4.08. The van der Waals surface area contributed by atoms with Crippen LogP contribution in [0.25, 0.3) is 11.6 Å². The van der Waals surface area contributed by atoms with E-state index in [1.807, 2.05) is 12.3 Å². The highest BCUT2D eigenvalue weighted by Crippen LogP contribution is 2.36. The minimum absolute atomic E-state index is 0.431. The van der Waals surface area contributed by atoms with Gasteiger partial charge in [0, 0.05) is 5.38 Å². The zero-order valence-corrected chi connectivity index (χ0v) is 12.0. The molecule has 2 heterocycles. The van der Waals surface area contributed by atoms with Crippen molar-refractivity contribution >= 4 is 11.3 Å². The van der Waals surface area contributed by atoms with Gasteiger partial charge < -0.3 is 10.3 Å². The van der Waals surface area contributed by atoms with E-state index >= 15 is 0 Å². The van der Waals surface area contributed by atoms with Crippen LogP contribution in [0.4, 0.5) is 0 Å².